The summed E-state index contributed by atoms with van der Waals surface area (Å²) in [5.74, 6) is -0.481. The van der Waals surface area contributed by atoms with Crippen molar-refractivity contribution in [2.24, 2.45) is 5.73 Å². The third-order valence-corrected chi connectivity index (χ3v) is 3.09. The molecule has 0 aromatic heterocycles. The van der Waals surface area contributed by atoms with Crippen LogP contribution in [0.5, 0.6) is 0 Å². The molecule has 19 heavy (non-hydrogen) atoms. The van der Waals surface area contributed by atoms with Crippen LogP contribution in [0.1, 0.15) is 18.4 Å². The van der Waals surface area contributed by atoms with E-state index in [0.717, 1.165) is 6.42 Å². The van der Waals surface area contributed by atoms with Crippen LogP contribution in [-0.2, 0) is 9.53 Å². The van der Waals surface area contributed by atoms with E-state index in [-0.39, 0.29) is 30.2 Å². The topological polar surface area (TPSA) is 64.4 Å². The lowest BCUT2D eigenvalue weighted by Crippen LogP contribution is -2.29. The summed E-state index contributed by atoms with van der Waals surface area (Å²) in [5, 5.41) is 2.73. The van der Waals surface area contributed by atoms with E-state index in [1.807, 2.05) is 0 Å². The fourth-order valence-electron chi connectivity index (χ4n) is 2.02. The lowest BCUT2D eigenvalue weighted by atomic mass is 10.1. The number of hydrogen-bond donors (Lipinski definition) is 2. The number of halogens is 2. The largest absolute Gasteiger partial charge is 0.364 e. The summed E-state index contributed by atoms with van der Waals surface area (Å²) in [7, 11) is 0. The summed E-state index contributed by atoms with van der Waals surface area (Å²) in [4.78, 5) is 11.9. The fraction of sp³-hybridized carbons (Fsp3) is 0.462. The highest BCUT2D eigenvalue weighted by atomic mass is 35.5. The van der Waals surface area contributed by atoms with Crippen LogP contribution in [0, 0.1) is 12.7 Å². The zero-order valence-electron chi connectivity index (χ0n) is 10.7. The highest BCUT2D eigenvalue weighted by Gasteiger charge is 2.29. The quantitative estimate of drug-likeness (QED) is 0.894. The minimum absolute atomic E-state index is 0. The monoisotopic (exact) mass is 288 g/mol. The molecule has 6 heteroatoms. The van der Waals surface area contributed by atoms with Crippen LogP contribution in [0.2, 0.25) is 0 Å². The van der Waals surface area contributed by atoms with Gasteiger partial charge in [0.2, 0.25) is 0 Å². The molecule has 0 saturated carbocycles. The molecule has 1 saturated heterocycles. The Balaban J connectivity index is 0.00000180. The predicted molar refractivity (Wildman–Crippen MR) is 74.0 cm³/mol. The number of amides is 1. The highest BCUT2D eigenvalue weighted by Crippen LogP contribution is 2.21. The predicted octanol–water partition coefficient (Wildman–Crippen LogP) is 2.00. The molecule has 1 aliphatic rings. The number of hydrogen-bond acceptors (Lipinski definition) is 3. The van der Waals surface area contributed by atoms with Gasteiger partial charge in [0.15, 0.2) is 0 Å². The molecule has 1 fully saturated rings. The van der Waals surface area contributed by atoms with E-state index in [4.69, 9.17) is 10.5 Å². The Bertz CT molecular complexity index is 456. The molecule has 3 N–H and O–H groups in total. The number of rotatable bonds is 3. The minimum atomic E-state index is -0.455. The van der Waals surface area contributed by atoms with Crippen molar-refractivity contribution < 1.29 is 13.9 Å². The molecule has 106 valence electrons. The maximum atomic E-state index is 13.1. The van der Waals surface area contributed by atoms with E-state index in [0.29, 0.717) is 24.2 Å². The molecule has 1 aromatic carbocycles. The molecule has 2 rings (SSSR count). The second-order valence-corrected chi connectivity index (χ2v) is 4.51. The number of benzene rings is 1. The smallest absolute Gasteiger partial charge is 0.253 e. The number of aryl methyl sites for hydroxylation is 1. The molecule has 1 aliphatic heterocycles. The van der Waals surface area contributed by atoms with Crippen LogP contribution in [0.25, 0.3) is 0 Å². The van der Waals surface area contributed by atoms with Gasteiger partial charge < -0.3 is 15.8 Å². The zero-order chi connectivity index (χ0) is 13.1. The molecule has 0 spiro atoms. The number of ether oxygens (including phenoxy) is 1. The first-order valence-corrected chi connectivity index (χ1v) is 6.02. The van der Waals surface area contributed by atoms with Gasteiger partial charge in [-0.2, -0.15) is 0 Å². The zero-order valence-corrected chi connectivity index (χ0v) is 11.5. The van der Waals surface area contributed by atoms with Gasteiger partial charge in [-0.1, -0.05) is 0 Å². The first kappa shape index (κ1) is 15.9. The molecule has 0 radical (unpaired) electrons. The van der Waals surface area contributed by atoms with Crippen LogP contribution >= 0.6 is 12.4 Å². The van der Waals surface area contributed by atoms with E-state index in [1.54, 1.807) is 13.0 Å². The molecule has 1 aromatic rings. The molecule has 0 aliphatic carbocycles. The number of nitrogens with two attached hydrogens (primary N) is 1. The van der Waals surface area contributed by atoms with Crippen molar-refractivity contribution in [2.75, 3.05) is 11.9 Å². The van der Waals surface area contributed by atoms with Gasteiger partial charge in [0.25, 0.3) is 5.91 Å². The van der Waals surface area contributed by atoms with Crippen molar-refractivity contribution in [2.45, 2.75) is 32.0 Å². The summed E-state index contributed by atoms with van der Waals surface area (Å²) in [6.45, 7) is 2.08. The van der Waals surface area contributed by atoms with Gasteiger partial charge in [-0.05, 0) is 43.5 Å². The second kappa shape index (κ2) is 6.84. The Hall–Kier alpha value is -1.17. The van der Waals surface area contributed by atoms with E-state index < -0.39 is 6.10 Å². The number of nitrogens with one attached hydrogen (secondary N) is 1. The van der Waals surface area contributed by atoms with Gasteiger partial charge in [0, 0.05) is 12.2 Å². The van der Waals surface area contributed by atoms with Crippen molar-refractivity contribution in [1.29, 1.82) is 0 Å². The third-order valence-electron chi connectivity index (χ3n) is 3.09. The lowest BCUT2D eigenvalue weighted by molar-refractivity contribution is -0.126. The van der Waals surface area contributed by atoms with Gasteiger partial charge >= 0.3 is 0 Å². The normalized spacial score (nSPS) is 21.8. The van der Waals surface area contributed by atoms with Crippen LogP contribution in [0.3, 0.4) is 0 Å². The van der Waals surface area contributed by atoms with E-state index in [2.05, 4.69) is 5.32 Å². The maximum Gasteiger partial charge on any atom is 0.253 e. The Kier molecular flexibility index (Phi) is 5.72. The van der Waals surface area contributed by atoms with Crippen molar-refractivity contribution in [3.8, 4) is 0 Å². The Labute approximate surface area is 117 Å². The minimum Gasteiger partial charge on any atom is -0.364 e. The fourth-order valence-corrected chi connectivity index (χ4v) is 2.02. The van der Waals surface area contributed by atoms with Gasteiger partial charge in [0.1, 0.15) is 11.9 Å². The standard InChI is InChI=1S/C13H17FN2O2.ClH/c1-8-6-9(2-4-11(8)14)16-13(17)12-5-3-10(7-15)18-12;/h2,4,6,10,12H,3,5,7,15H2,1H3,(H,16,17);1H/t10-,12+;/m1./s1. The van der Waals surface area contributed by atoms with Crippen molar-refractivity contribution >= 4 is 24.0 Å². The van der Waals surface area contributed by atoms with Crippen LogP contribution in [-0.4, -0.2) is 24.7 Å². The average molecular weight is 289 g/mol. The molecule has 4 nitrogen and oxygen atoms in total. The van der Waals surface area contributed by atoms with Crippen molar-refractivity contribution in [1.82, 2.24) is 0 Å². The molecule has 0 bridgehead atoms. The molecule has 0 unspecified atom stereocenters. The van der Waals surface area contributed by atoms with E-state index in [9.17, 15) is 9.18 Å². The van der Waals surface area contributed by atoms with Gasteiger partial charge in [-0.25, -0.2) is 4.39 Å². The highest BCUT2D eigenvalue weighted by molar-refractivity contribution is 5.94. The molecular weight excluding hydrogens is 271 g/mol. The van der Waals surface area contributed by atoms with Crippen LogP contribution in [0.4, 0.5) is 10.1 Å². The summed E-state index contributed by atoms with van der Waals surface area (Å²) in [5.41, 5.74) is 6.57. The number of carbonyl (C=O) groups is 1. The molecular formula is C13H18ClFN2O2. The first-order valence-electron chi connectivity index (χ1n) is 6.02. The summed E-state index contributed by atoms with van der Waals surface area (Å²) in [6, 6.07) is 4.47. The third kappa shape index (κ3) is 3.89. The Morgan fingerprint density at radius 3 is 2.84 bits per heavy atom. The van der Waals surface area contributed by atoms with Crippen LogP contribution < -0.4 is 11.1 Å². The Morgan fingerprint density at radius 2 is 2.26 bits per heavy atom. The molecule has 1 heterocycles. The summed E-state index contributed by atoms with van der Waals surface area (Å²) >= 11 is 0. The van der Waals surface area contributed by atoms with E-state index in [1.165, 1.54) is 12.1 Å². The first-order chi connectivity index (χ1) is 8.60. The maximum absolute atomic E-state index is 13.1. The molecule has 1 amide bonds. The number of carbonyl (C=O) groups excluding carboxylic acids is 1. The Morgan fingerprint density at radius 1 is 1.53 bits per heavy atom. The van der Waals surface area contributed by atoms with Gasteiger partial charge in [0.05, 0.1) is 6.10 Å². The van der Waals surface area contributed by atoms with Gasteiger partial charge in [-0.15, -0.1) is 12.4 Å². The summed E-state index contributed by atoms with van der Waals surface area (Å²) in [6.07, 6.45) is 0.991. The SMILES string of the molecule is Cc1cc(NC(=O)[C@@H]2CC[C@H](CN)O2)ccc1F.Cl. The van der Waals surface area contributed by atoms with Gasteiger partial charge in [-0.3, -0.25) is 4.79 Å². The van der Waals surface area contributed by atoms with E-state index >= 15 is 0 Å². The second-order valence-electron chi connectivity index (χ2n) is 4.51. The van der Waals surface area contributed by atoms with Crippen LogP contribution in [0.15, 0.2) is 18.2 Å². The average Bonchev–Trinajstić information content (AvgIpc) is 2.82. The molecule has 2 atom stereocenters. The van der Waals surface area contributed by atoms with Crippen molar-refractivity contribution in [3.05, 3.63) is 29.6 Å². The lowest BCUT2D eigenvalue weighted by Gasteiger charge is -2.13. The number of anilines is 1. The summed E-state index contributed by atoms with van der Waals surface area (Å²) < 4.78 is 18.6. The van der Waals surface area contributed by atoms with Crippen molar-refractivity contribution in [3.63, 3.8) is 0 Å².